The number of pyridine rings is 3. The maximum absolute atomic E-state index is 12.2. The second kappa shape index (κ2) is 54.9. The summed E-state index contributed by atoms with van der Waals surface area (Å²) in [6, 6.07) is 55.7. The number of ether oxygens (including phenoxy) is 6. The number of aryl methyl sites for hydroxylation is 1. The molecule has 16 rings (SSSR count). The van der Waals surface area contributed by atoms with Crippen LogP contribution in [0.25, 0.3) is 33.4 Å². The van der Waals surface area contributed by atoms with Crippen LogP contribution in [0.4, 0.5) is 0 Å². The van der Waals surface area contributed by atoms with E-state index < -0.39 is 31.0 Å². The molecule has 0 spiro atoms. The molecule has 6 saturated carbocycles. The summed E-state index contributed by atoms with van der Waals surface area (Å²) in [5, 5.41) is 54.3. The minimum atomic E-state index is -1.73. The zero-order valence-corrected chi connectivity index (χ0v) is 83.0. The Kier molecular flexibility index (Phi) is 43.5. The first-order valence-electron chi connectivity index (χ1n) is 45.4. The Morgan fingerprint density at radius 2 is 0.851 bits per heavy atom. The first-order chi connectivity index (χ1) is 65.2. The Labute approximate surface area is 829 Å². The van der Waals surface area contributed by atoms with E-state index >= 15 is 0 Å². The molecule has 0 saturated heterocycles. The number of benzene rings is 7. The number of amides is 1. The third-order valence-corrected chi connectivity index (χ3v) is 29.7. The zero-order chi connectivity index (χ0) is 95.3. The van der Waals surface area contributed by atoms with Gasteiger partial charge in [0.15, 0.2) is 0 Å². The van der Waals surface area contributed by atoms with Crippen molar-refractivity contribution in [3.8, 4) is 50.6 Å². The molecule has 6 aliphatic rings. The molecule has 712 valence electrons. The van der Waals surface area contributed by atoms with E-state index in [0.717, 1.165) is 211 Å². The van der Waals surface area contributed by atoms with Crippen molar-refractivity contribution in [2.45, 2.75) is 246 Å². The molecule has 10 aromatic rings. The van der Waals surface area contributed by atoms with Crippen LogP contribution >= 0.6 is 109 Å². The first kappa shape index (κ1) is 106. The SMILES string of the molecule is CCCCSc1ccc(Cl)c(CBr)c1.CCCCSc1ccc(Cl)c(COC2(c3cnccc3-c3ccccc3OC3CC3)CC2)c1.O=C(CCCSc1ccc(Cl)c(CCC2(c3cnccc3-c3ccccc3OC3CC3)CC2)c1)NC[C@H](O)[C@@H](O)[C@H](O)[C@H](O)CO.O=C=O.O=C=O.O=COCCCSc1ccc(Cl)c(COC2(c3cnccc3-c3ccccc3OC3CC3)CC2)c1. The quantitative estimate of drug-likeness (QED) is 0.00893. The van der Waals surface area contributed by atoms with Crippen molar-refractivity contribution >= 4 is 134 Å². The number of unbranched alkanes of at least 4 members (excludes halogenated alkanes) is 2. The lowest BCUT2D eigenvalue weighted by Gasteiger charge is -2.25. The molecule has 0 bridgehead atoms. The fourth-order valence-corrected chi connectivity index (χ4v) is 20.2. The molecule has 3 aromatic heterocycles. The van der Waals surface area contributed by atoms with Crippen LogP contribution in [0.3, 0.4) is 0 Å². The van der Waals surface area contributed by atoms with E-state index in [4.69, 9.17) is 99.1 Å². The molecule has 1 amide bonds. The highest BCUT2D eigenvalue weighted by molar-refractivity contribution is 9.08. The number of aliphatic hydroxyl groups excluding tert-OH is 5. The van der Waals surface area contributed by atoms with Crippen LogP contribution in [-0.2, 0) is 84.6 Å². The topological polar surface area (TPSA) is 310 Å². The molecule has 6 aliphatic carbocycles. The predicted molar refractivity (Wildman–Crippen MR) is 532 cm³/mol. The highest BCUT2D eigenvalue weighted by atomic mass is 79.9. The van der Waals surface area contributed by atoms with Gasteiger partial charge in [-0.05, 0) is 292 Å². The van der Waals surface area contributed by atoms with Gasteiger partial charge < -0.3 is 59.3 Å². The van der Waals surface area contributed by atoms with E-state index in [1.807, 2.05) is 127 Å². The number of hydrogen-bond donors (Lipinski definition) is 6. The number of hydrogen-bond acceptors (Lipinski definition) is 24. The smallest absolute Gasteiger partial charge is 0.373 e. The lowest BCUT2D eigenvalue weighted by molar-refractivity contribution is -0.193. The van der Waals surface area contributed by atoms with Crippen molar-refractivity contribution in [1.29, 1.82) is 0 Å². The maximum atomic E-state index is 12.2. The number of nitrogens with one attached hydrogen (secondary N) is 1. The molecule has 6 N–H and O–H groups in total. The van der Waals surface area contributed by atoms with E-state index in [2.05, 4.69) is 147 Å². The van der Waals surface area contributed by atoms with Gasteiger partial charge in [0.25, 0.3) is 6.47 Å². The summed E-state index contributed by atoms with van der Waals surface area (Å²) in [4.78, 5) is 73.2. The molecule has 30 heteroatoms. The lowest BCUT2D eigenvalue weighted by Crippen LogP contribution is -2.49. The van der Waals surface area contributed by atoms with Crippen molar-refractivity contribution in [3.05, 3.63) is 260 Å². The van der Waals surface area contributed by atoms with E-state index in [-0.39, 0.29) is 47.8 Å². The van der Waals surface area contributed by atoms with Gasteiger partial charge in [-0.3, -0.25) is 24.5 Å². The van der Waals surface area contributed by atoms with E-state index in [1.165, 1.54) is 57.9 Å². The van der Waals surface area contributed by atoms with Crippen LogP contribution in [0.15, 0.2) is 221 Å². The maximum Gasteiger partial charge on any atom is 0.373 e. The Morgan fingerprint density at radius 1 is 0.485 bits per heavy atom. The zero-order valence-electron chi connectivity index (χ0n) is 75.1. The lowest BCUT2D eigenvalue weighted by atomic mass is 9.85. The summed E-state index contributed by atoms with van der Waals surface area (Å²) in [5.41, 5.74) is 13.9. The highest BCUT2D eigenvalue weighted by Gasteiger charge is 2.50. The number of thioether (sulfide) groups is 4. The van der Waals surface area contributed by atoms with Gasteiger partial charge in [-0.1, -0.05) is 144 Å². The average Bonchev–Trinajstić information content (AvgIpc) is 1.02. The van der Waals surface area contributed by atoms with Gasteiger partial charge in [0.2, 0.25) is 5.91 Å². The Hall–Kier alpha value is -8.15. The molecule has 7 aromatic carbocycles. The number of nitrogens with zero attached hydrogens (tertiary/aromatic N) is 3. The minimum Gasteiger partial charge on any atom is -0.490 e. The molecule has 0 unspecified atom stereocenters. The van der Waals surface area contributed by atoms with Gasteiger partial charge in [0.1, 0.15) is 35.6 Å². The number of para-hydroxylation sites is 3. The fourth-order valence-electron chi connectivity index (χ4n) is 14.9. The summed E-state index contributed by atoms with van der Waals surface area (Å²) < 4.78 is 36.6. The summed E-state index contributed by atoms with van der Waals surface area (Å²) >= 11 is 36.3. The number of aliphatic hydroxyl groups is 5. The summed E-state index contributed by atoms with van der Waals surface area (Å²) in [5.74, 6) is 6.39. The number of rotatable bonds is 47. The van der Waals surface area contributed by atoms with E-state index in [9.17, 15) is 30.0 Å². The molecule has 4 atom stereocenters. The van der Waals surface area contributed by atoms with Crippen LogP contribution in [0.5, 0.6) is 17.2 Å². The van der Waals surface area contributed by atoms with Crippen molar-refractivity contribution in [3.63, 3.8) is 0 Å². The highest BCUT2D eigenvalue weighted by Crippen LogP contribution is 2.57. The van der Waals surface area contributed by atoms with Gasteiger partial charge in [-0.15, -0.1) is 47.0 Å². The fraction of sp³-hybridized carbons (Fsp3) is 0.413. The first-order valence-corrected chi connectivity index (χ1v) is 52.0. The van der Waals surface area contributed by atoms with Crippen LogP contribution < -0.4 is 19.5 Å². The second-order valence-corrected chi connectivity index (χ2v) is 40.4. The predicted octanol–water partition coefficient (Wildman–Crippen LogP) is 22.8. The Morgan fingerprint density at radius 3 is 1.24 bits per heavy atom. The normalized spacial score (nSPS) is 15.6. The third-order valence-electron chi connectivity index (χ3n) is 23.3. The summed E-state index contributed by atoms with van der Waals surface area (Å²) in [7, 11) is 0. The molecule has 0 aliphatic heterocycles. The molecule has 0 radical (unpaired) electrons. The summed E-state index contributed by atoms with van der Waals surface area (Å²) in [6.07, 6.45) is 27.7. The molecule has 21 nitrogen and oxygen atoms in total. The second-order valence-electron chi connectivity index (χ2n) is 33.5. The standard InChI is InChI=1S/C35H43ClN2O7S.C28H28ClNO4S.C28H30ClNO2S.C11H14BrClS.2CO2/c36-28-10-9-24(46-17-3-6-32(42)38-20-29(40)33(43)34(44)30(41)21-39)18-22(28)11-13-35(14-15-35)27-19-37-16-12-25(27)26-4-1-2-5-31(26)45-23-7-8-23;29-26-9-8-22(35-15-3-14-32-19-31)16-20(26)18-33-28(11-12-28)25-17-30-13-10-23(25)24-4-1-2-5-27(24)34-21-6-7-21;1-2-3-16-33-22-10-11-26(29)20(17-22)19-31-28(13-14-28)25-18-30-15-12-23(25)24-6-4-5-7-27(24)32-21-8-9-21;1-2-3-6-14-10-4-5-11(13)9(7-10)8-12;2*2-1-3/h1-2,4-5,9-10,12,16,18-19,23,29-30,33-34,39-41,43-44H,3,6-8,11,13-15,17,20-21H2,(H,38,42);1-2,4-5,8-10,13,16-17,19,21H,3,6-7,11-12,14-15,18H2;4-7,10-12,15,17-18,21H,2-3,8-9,13-14,16,19H2,1H3;4-5,7H,2-3,6,8H2,1H3;;/t29-,30+,33+,34+;;;;;/m0...../s1. The van der Waals surface area contributed by atoms with Crippen molar-refractivity contribution < 1.29 is 82.7 Å². The van der Waals surface area contributed by atoms with E-state index in [0.29, 0.717) is 61.8 Å². The number of halogens is 5. The largest absolute Gasteiger partial charge is 0.490 e. The van der Waals surface area contributed by atoms with Gasteiger partial charge in [0, 0.05) is 129 Å². The Bertz CT molecular complexity index is 5470. The van der Waals surface area contributed by atoms with Crippen molar-refractivity contribution in [1.82, 2.24) is 20.3 Å². The number of alkyl halides is 1. The van der Waals surface area contributed by atoms with Gasteiger partial charge in [-0.2, -0.15) is 19.2 Å². The van der Waals surface area contributed by atoms with Gasteiger partial charge >= 0.3 is 12.3 Å². The van der Waals surface area contributed by atoms with Crippen molar-refractivity contribution in [2.75, 3.05) is 42.8 Å². The number of carbonyl (C=O) groups is 2. The van der Waals surface area contributed by atoms with Crippen LogP contribution in [0.1, 0.15) is 181 Å². The summed E-state index contributed by atoms with van der Waals surface area (Å²) in [6.45, 7) is 5.24. The third kappa shape index (κ3) is 32.8. The Balaban J connectivity index is 0.000000177. The minimum absolute atomic E-state index is 0.0521. The van der Waals surface area contributed by atoms with Crippen LogP contribution in [0, 0.1) is 0 Å². The molecular formula is C104H115BrCl4N4O17S4. The van der Waals surface area contributed by atoms with Crippen LogP contribution in [-0.4, -0.2) is 151 Å². The molecule has 134 heavy (non-hydrogen) atoms. The molecule has 3 heterocycles. The van der Waals surface area contributed by atoms with Crippen LogP contribution in [0.2, 0.25) is 20.1 Å². The number of carbonyl (C=O) groups excluding carboxylic acids is 6. The molecular weight excluding hydrogens is 1930 g/mol. The van der Waals surface area contributed by atoms with Crippen molar-refractivity contribution in [2.24, 2.45) is 0 Å². The van der Waals surface area contributed by atoms with E-state index in [1.54, 1.807) is 23.5 Å². The van der Waals surface area contributed by atoms with Gasteiger partial charge in [0.05, 0.1) is 62.0 Å². The number of aromatic nitrogens is 3. The molecule has 6 fully saturated rings. The monoisotopic (exact) mass is 2040 g/mol. The average molecular weight is 2040 g/mol. The van der Waals surface area contributed by atoms with Gasteiger partial charge in [-0.25, -0.2) is 0 Å².